The van der Waals surface area contributed by atoms with Crippen LogP contribution in [-0.4, -0.2) is 32.6 Å². The first-order valence-corrected chi connectivity index (χ1v) is 25.6. The van der Waals surface area contributed by atoms with Crippen LogP contribution >= 0.6 is 0 Å². The third-order valence-electron chi connectivity index (χ3n) is 6.57. The summed E-state index contributed by atoms with van der Waals surface area (Å²) in [6.07, 6.45) is 4.27. The van der Waals surface area contributed by atoms with Gasteiger partial charge in [-0.1, -0.05) is 0 Å². The summed E-state index contributed by atoms with van der Waals surface area (Å²) in [7, 11) is 0. The molecule has 0 saturated heterocycles. The average molecular weight is 485 g/mol. The molecule has 27 heavy (non-hydrogen) atoms. The van der Waals surface area contributed by atoms with Crippen molar-refractivity contribution in [1.82, 2.24) is 0 Å². The predicted octanol–water partition coefficient (Wildman–Crippen LogP) is 7.79. The van der Waals surface area contributed by atoms with E-state index >= 15 is 0 Å². The Morgan fingerprint density at radius 2 is 0.963 bits per heavy atom. The summed E-state index contributed by atoms with van der Waals surface area (Å²) in [5.41, 5.74) is 2.71. The number of benzene rings is 2. The van der Waals surface area contributed by atoms with Gasteiger partial charge in [0.15, 0.2) is 0 Å². The molecular formula is C24H37Ge2N. The fourth-order valence-electron chi connectivity index (χ4n) is 4.66. The molecular weight excluding hydrogens is 447 g/mol. The number of hydrogen-bond acceptors (Lipinski definition) is 1. The molecule has 2 aromatic carbocycles. The Morgan fingerprint density at radius 3 is 1.30 bits per heavy atom. The van der Waals surface area contributed by atoms with Crippen LogP contribution in [0.25, 0.3) is 0 Å². The van der Waals surface area contributed by atoms with Crippen LogP contribution in [0.3, 0.4) is 0 Å². The van der Waals surface area contributed by atoms with Crippen LogP contribution in [0.2, 0.25) is 44.0 Å². The van der Waals surface area contributed by atoms with E-state index in [1.54, 1.807) is 0 Å². The summed E-state index contributed by atoms with van der Waals surface area (Å²) < 4.78 is 1.96. The maximum atomic E-state index is 2.67. The molecule has 1 nitrogen and oxygen atoms in total. The second-order valence-electron chi connectivity index (χ2n) is 10.5. The Labute approximate surface area is 172 Å². The Bertz CT molecular complexity index is 654. The molecule has 1 saturated carbocycles. The van der Waals surface area contributed by atoms with Gasteiger partial charge in [0.05, 0.1) is 0 Å². The standard InChI is InChI=1S/C24H37Ge2N/c1-25(2,3)20-17-21(26(4,5)6)19-24(18-20)27(22-13-9-7-10-14-22)23-15-11-8-12-16-23/h7-16,20-21,24H,17-19H2,1-6H3. The Morgan fingerprint density at radius 1 is 0.593 bits per heavy atom. The molecule has 2 unspecified atom stereocenters. The van der Waals surface area contributed by atoms with Gasteiger partial charge in [0.1, 0.15) is 0 Å². The Kier molecular flexibility index (Phi) is 6.52. The van der Waals surface area contributed by atoms with Crippen molar-refractivity contribution in [1.29, 1.82) is 0 Å². The van der Waals surface area contributed by atoms with Gasteiger partial charge in [-0.15, -0.1) is 0 Å². The third-order valence-corrected chi connectivity index (χ3v) is 18.8. The van der Waals surface area contributed by atoms with E-state index in [9.17, 15) is 0 Å². The molecule has 146 valence electrons. The number of hydrogen-bond donors (Lipinski definition) is 0. The first-order valence-electron chi connectivity index (χ1n) is 10.6. The first-order chi connectivity index (χ1) is 12.7. The molecule has 1 aliphatic rings. The van der Waals surface area contributed by atoms with Crippen LogP contribution in [0.5, 0.6) is 0 Å². The minimum atomic E-state index is -1.70. The summed E-state index contributed by atoms with van der Waals surface area (Å²) in [6.45, 7) is 0. The summed E-state index contributed by atoms with van der Waals surface area (Å²) in [5.74, 6) is 15.8. The van der Waals surface area contributed by atoms with Crippen LogP contribution in [0.15, 0.2) is 60.7 Å². The fraction of sp³-hybridized carbons (Fsp3) is 0.500. The SMILES string of the molecule is [CH3][Ge]([CH3])([CH3])[CH]1CC(N(c2ccccc2)c2ccccc2)C[CH]([Ge]([CH3])([CH3])[CH3])C1. The van der Waals surface area contributed by atoms with Crippen LogP contribution in [0, 0.1) is 0 Å². The number of para-hydroxylation sites is 2. The van der Waals surface area contributed by atoms with Gasteiger partial charge in [-0.05, 0) is 0 Å². The topological polar surface area (TPSA) is 3.24 Å². The predicted molar refractivity (Wildman–Crippen MR) is 127 cm³/mol. The zero-order chi connectivity index (χ0) is 19.7. The van der Waals surface area contributed by atoms with Crippen molar-refractivity contribution in [3.05, 3.63) is 60.7 Å². The zero-order valence-corrected chi connectivity index (χ0v) is 22.3. The molecule has 2 aromatic rings. The van der Waals surface area contributed by atoms with E-state index in [-0.39, 0.29) is 0 Å². The molecule has 0 aliphatic heterocycles. The van der Waals surface area contributed by atoms with Crippen LogP contribution < -0.4 is 4.90 Å². The van der Waals surface area contributed by atoms with Crippen molar-refractivity contribution < 1.29 is 0 Å². The third kappa shape index (κ3) is 5.23. The molecule has 0 amide bonds. The molecule has 1 aliphatic carbocycles. The summed E-state index contributed by atoms with van der Waals surface area (Å²) in [6, 6.07) is 22.8. The molecule has 0 bridgehead atoms. The van der Waals surface area contributed by atoms with Crippen LogP contribution in [-0.2, 0) is 0 Å². The van der Waals surface area contributed by atoms with E-state index in [0.29, 0.717) is 6.04 Å². The van der Waals surface area contributed by atoms with Crippen molar-refractivity contribution in [2.24, 2.45) is 0 Å². The molecule has 0 heterocycles. The van der Waals surface area contributed by atoms with Gasteiger partial charge in [-0.25, -0.2) is 0 Å². The number of nitrogens with zero attached hydrogens (tertiary/aromatic N) is 1. The Hall–Kier alpha value is -0.674. The van der Waals surface area contributed by atoms with Crippen molar-refractivity contribution >= 4 is 37.9 Å². The quantitative estimate of drug-likeness (QED) is 0.391. The van der Waals surface area contributed by atoms with Crippen molar-refractivity contribution in [3.63, 3.8) is 0 Å². The first kappa shape index (κ1) is 21.0. The second kappa shape index (κ2) is 8.37. The van der Waals surface area contributed by atoms with Gasteiger partial charge in [0.2, 0.25) is 0 Å². The van der Waals surface area contributed by atoms with Gasteiger partial charge in [-0.3, -0.25) is 0 Å². The monoisotopic (exact) mass is 487 g/mol. The molecule has 0 spiro atoms. The van der Waals surface area contributed by atoms with E-state index in [1.165, 1.54) is 30.6 Å². The van der Waals surface area contributed by atoms with Crippen LogP contribution in [0.4, 0.5) is 11.4 Å². The summed E-state index contributed by atoms with van der Waals surface area (Å²) in [4.78, 5) is 2.67. The van der Waals surface area contributed by atoms with Crippen molar-refractivity contribution in [2.75, 3.05) is 4.90 Å². The van der Waals surface area contributed by atoms with Gasteiger partial charge in [0.25, 0.3) is 0 Å². The van der Waals surface area contributed by atoms with E-state index in [0.717, 1.165) is 9.50 Å². The van der Waals surface area contributed by atoms with E-state index in [2.05, 4.69) is 100 Å². The minimum absolute atomic E-state index is 0.633. The second-order valence-corrected chi connectivity index (χ2v) is 33.8. The van der Waals surface area contributed by atoms with E-state index < -0.39 is 26.5 Å². The number of rotatable bonds is 5. The van der Waals surface area contributed by atoms with Crippen LogP contribution in [0.1, 0.15) is 19.3 Å². The molecule has 0 aromatic heterocycles. The molecule has 2 atom stereocenters. The molecule has 3 heteroatoms. The molecule has 0 radical (unpaired) electrons. The van der Waals surface area contributed by atoms with E-state index in [1.807, 2.05) is 0 Å². The van der Waals surface area contributed by atoms with Gasteiger partial charge in [0, 0.05) is 0 Å². The molecule has 1 fully saturated rings. The van der Waals surface area contributed by atoms with Gasteiger partial charge >= 0.3 is 173 Å². The summed E-state index contributed by atoms with van der Waals surface area (Å²) in [5, 5.41) is 0. The fourth-order valence-corrected chi connectivity index (χ4v) is 14.0. The Balaban J connectivity index is 2.01. The van der Waals surface area contributed by atoms with Gasteiger partial charge < -0.3 is 0 Å². The molecule has 0 N–H and O–H groups in total. The molecule has 3 rings (SSSR count). The zero-order valence-electron chi connectivity index (χ0n) is 18.1. The van der Waals surface area contributed by atoms with Crippen molar-refractivity contribution in [2.45, 2.75) is 69.3 Å². The number of anilines is 2. The van der Waals surface area contributed by atoms with Crippen molar-refractivity contribution in [3.8, 4) is 0 Å². The van der Waals surface area contributed by atoms with E-state index in [4.69, 9.17) is 0 Å². The van der Waals surface area contributed by atoms with Gasteiger partial charge in [-0.2, -0.15) is 0 Å². The summed E-state index contributed by atoms with van der Waals surface area (Å²) >= 11 is -3.41. The maximum absolute atomic E-state index is 2.67. The normalized spacial score (nSPS) is 23.9. The average Bonchev–Trinajstić information content (AvgIpc) is 2.62.